The molecule has 20 heavy (non-hydrogen) atoms. The van der Waals surface area contributed by atoms with Gasteiger partial charge in [0.1, 0.15) is 11.6 Å². The molecule has 0 unspecified atom stereocenters. The molecule has 1 aromatic heterocycles. The van der Waals surface area contributed by atoms with Crippen LogP contribution < -0.4 is 4.74 Å². The number of rotatable bonds is 4. The van der Waals surface area contributed by atoms with E-state index in [0.29, 0.717) is 22.9 Å². The Morgan fingerprint density at radius 1 is 1.55 bits per heavy atom. The van der Waals surface area contributed by atoms with E-state index in [1.807, 2.05) is 0 Å². The van der Waals surface area contributed by atoms with Crippen LogP contribution in [0.15, 0.2) is 24.5 Å². The predicted molar refractivity (Wildman–Crippen MR) is 85.1 cm³/mol. The Bertz CT molecular complexity index is 616. The Labute approximate surface area is 135 Å². The van der Waals surface area contributed by atoms with Crippen molar-refractivity contribution in [3.8, 4) is 5.75 Å². The summed E-state index contributed by atoms with van der Waals surface area (Å²) in [6, 6.07) is 3.37. The van der Waals surface area contributed by atoms with Gasteiger partial charge in [0.15, 0.2) is 0 Å². The largest absolute Gasteiger partial charge is 0.496 e. The average molecular weight is 406 g/mol. The van der Waals surface area contributed by atoms with E-state index < -0.39 is 0 Å². The summed E-state index contributed by atoms with van der Waals surface area (Å²) in [5.41, 5.74) is 0.437. The van der Waals surface area contributed by atoms with Crippen LogP contribution in [0.25, 0.3) is 0 Å². The highest BCUT2D eigenvalue weighted by Crippen LogP contribution is 2.29. The zero-order valence-corrected chi connectivity index (χ0v) is 13.9. The van der Waals surface area contributed by atoms with Crippen molar-refractivity contribution in [3.63, 3.8) is 0 Å². The number of nitrogens with zero attached hydrogens (tertiary/aromatic N) is 2. The minimum absolute atomic E-state index is 0.170. The molecule has 0 aliphatic rings. The highest BCUT2D eigenvalue weighted by molar-refractivity contribution is 14.1. The van der Waals surface area contributed by atoms with Gasteiger partial charge in [0.25, 0.3) is 5.91 Å². The number of hydrogen-bond acceptors (Lipinski definition) is 3. The summed E-state index contributed by atoms with van der Waals surface area (Å²) in [4.78, 5) is 21.1. The van der Waals surface area contributed by atoms with Crippen molar-refractivity contribution >= 4 is 40.1 Å². The lowest BCUT2D eigenvalue weighted by molar-refractivity contribution is 0.0778. The number of aromatic amines is 1. The van der Waals surface area contributed by atoms with E-state index >= 15 is 0 Å². The molecular weight excluding hydrogens is 393 g/mol. The van der Waals surface area contributed by atoms with Crippen LogP contribution in [0.4, 0.5) is 0 Å². The molecule has 0 saturated carbocycles. The molecule has 0 fully saturated rings. The fourth-order valence-electron chi connectivity index (χ4n) is 1.75. The van der Waals surface area contributed by atoms with Crippen LogP contribution in [0.2, 0.25) is 5.02 Å². The van der Waals surface area contributed by atoms with Gasteiger partial charge in [0.2, 0.25) is 0 Å². The molecule has 2 rings (SSSR count). The Morgan fingerprint density at radius 3 is 2.90 bits per heavy atom. The molecule has 106 valence electrons. The van der Waals surface area contributed by atoms with E-state index in [2.05, 4.69) is 32.6 Å². The Morgan fingerprint density at radius 2 is 2.30 bits per heavy atom. The molecule has 0 radical (unpaired) electrons. The minimum atomic E-state index is -0.170. The van der Waals surface area contributed by atoms with Gasteiger partial charge < -0.3 is 14.6 Å². The van der Waals surface area contributed by atoms with Crippen molar-refractivity contribution in [1.29, 1.82) is 0 Å². The van der Waals surface area contributed by atoms with Crippen LogP contribution >= 0.6 is 34.2 Å². The number of imidazole rings is 1. The second-order valence-corrected chi connectivity index (χ2v) is 5.73. The quantitative estimate of drug-likeness (QED) is 0.796. The lowest BCUT2D eigenvalue weighted by atomic mass is 10.1. The molecule has 1 N–H and O–H groups in total. The summed E-state index contributed by atoms with van der Waals surface area (Å²) in [5.74, 6) is 1.06. The van der Waals surface area contributed by atoms with E-state index in [-0.39, 0.29) is 5.91 Å². The molecule has 1 aromatic carbocycles. The monoisotopic (exact) mass is 405 g/mol. The van der Waals surface area contributed by atoms with Crippen LogP contribution in [-0.4, -0.2) is 34.9 Å². The third-order valence-electron chi connectivity index (χ3n) is 2.76. The maximum absolute atomic E-state index is 12.5. The maximum Gasteiger partial charge on any atom is 0.257 e. The minimum Gasteiger partial charge on any atom is -0.496 e. The number of hydrogen-bond donors (Lipinski definition) is 1. The topological polar surface area (TPSA) is 58.2 Å². The molecule has 5 nitrogen and oxygen atoms in total. The highest BCUT2D eigenvalue weighted by Gasteiger charge is 2.19. The first-order valence-corrected chi connectivity index (χ1v) is 7.25. The van der Waals surface area contributed by atoms with Crippen molar-refractivity contribution < 1.29 is 9.53 Å². The highest BCUT2D eigenvalue weighted by atomic mass is 127. The lowest BCUT2D eigenvalue weighted by Gasteiger charge is -2.18. The lowest BCUT2D eigenvalue weighted by Crippen LogP contribution is -2.27. The third-order valence-corrected chi connectivity index (χ3v) is 4.29. The second kappa shape index (κ2) is 6.45. The molecular formula is C13H13ClIN3O2. The second-order valence-electron chi connectivity index (χ2n) is 4.16. The van der Waals surface area contributed by atoms with Gasteiger partial charge in [-0.25, -0.2) is 4.98 Å². The number of aromatic nitrogens is 2. The van der Waals surface area contributed by atoms with Gasteiger partial charge in [-0.2, -0.15) is 0 Å². The van der Waals surface area contributed by atoms with Crippen molar-refractivity contribution in [2.75, 3.05) is 14.2 Å². The zero-order chi connectivity index (χ0) is 14.7. The van der Waals surface area contributed by atoms with Crippen LogP contribution in [0, 0.1) is 3.57 Å². The van der Waals surface area contributed by atoms with Crippen LogP contribution in [0.1, 0.15) is 16.2 Å². The number of halogens is 2. The summed E-state index contributed by atoms with van der Waals surface area (Å²) in [5, 5.41) is 0.529. The van der Waals surface area contributed by atoms with E-state index in [4.69, 9.17) is 16.3 Å². The van der Waals surface area contributed by atoms with Gasteiger partial charge >= 0.3 is 0 Å². The number of carbonyl (C=O) groups is 1. The average Bonchev–Trinajstić information content (AvgIpc) is 2.93. The Kier molecular flexibility index (Phi) is 4.87. The summed E-state index contributed by atoms with van der Waals surface area (Å²) >= 11 is 8.18. The predicted octanol–water partition coefficient (Wildman–Crippen LogP) is 2.95. The van der Waals surface area contributed by atoms with Gasteiger partial charge in [-0.15, -0.1) is 0 Å². The number of methoxy groups -OCH3 is 1. The fraction of sp³-hybridized carbons (Fsp3) is 0.231. The van der Waals surface area contributed by atoms with Crippen molar-refractivity contribution in [3.05, 3.63) is 44.5 Å². The number of ether oxygens (including phenoxy) is 1. The van der Waals surface area contributed by atoms with Crippen LogP contribution in [0.5, 0.6) is 5.75 Å². The SMILES string of the molecule is COc1cc(I)c(Cl)cc1C(=O)N(C)Cc1ncc[nH]1. The number of amides is 1. The molecule has 0 atom stereocenters. The van der Waals surface area contributed by atoms with Gasteiger partial charge in [-0.1, -0.05) is 11.6 Å². The van der Waals surface area contributed by atoms with Crippen molar-refractivity contribution in [2.45, 2.75) is 6.54 Å². The van der Waals surface area contributed by atoms with E-state index in [1.165, 1.54) is 7.11 Å². The first kappa shape index (κ1) is 15.1. The number of carbonyl (C=O) groups excluding carboxylic acids is 1. The first-order valence-electron chi connectivity index (χ1n) is 5.79. The van der Waals surface area contributed by atoms with E-state index in [0.717, 1.165) is 9.39 Å². The van der Waals surface area contributed by atoms with Gasteiger partial charge in [-0.3, -0.25) is 4.79 Å². The molecule has 0 aliphatic carbocycles. The molecule has 0 spiro atoms. The zero-order valence-electron chi connectivity index (χ0n) is 11.0. The molecule has 0 bridgehead atoms. The van der Waals surface area contributed by atoms with Crippen LogP contribution in [0.3, 0.4) is 0 Å². The van der Waals surface area contributed by atoms with Gasteiger partial charge in [-0.05, 0) is 34.7 Å². The molecule has 7 heteroatoms. The molecule has 0 saturated heterocycles. The summed E-state index contributed by atoms with van der Waals surface area (Å²) in [6.07, 6.45) is 3.37. The van der Waals surface area contributed by atoms with Crippen molar-refractivity contribution in [2.24, 2.45) is 0 Å². The number of benzene rings is 1. The van der Waals surface area contributed by atoms with Gasteiger partial charge in [0.05, 0.1) is 24.2 Å². The van der Waals surface area contributed by atoms with Crippen molar-refractivity contribution in [1.82, 2.24) is 14.9 Å². The molecule has 2 aromatic rings. The van der Waals surface area contributed by atoms with E-state index in [9.17, 15) is 4.79 Å². The standard InChI is InChI=1S/C13H13ClIN3O2/c1-18(7-12-16-3-4-17-12)13(19)8-5-9(14)10(15)6-11(8)20-2/h3-6H,7H2,1-2H3,(H,16,17). The Balaban J connectivity index is 2.26. The molecule has 1 heterocycles. The van der Waals surface area contributed by atoms with Crippen LogP contribution in [-0.2, 0) is 6.54 Å². The maximum atomic E-state index is 12.5. The summed E-state index contributed by atoms with van der Waals surface area (Å²) in [7, 11) is 3.23. The fourth-order valence-corrected chi connectivity index (χ4v) is 2.35. The smallest absolute Gasteiger partial charge is 0.257 e. The molecule has 1 amide bonds. The number of nitrogens with one attached hydrogen (secondary N) is 1. The van der Waals surface area contributed by atoms with E-state index in [1.54, 1.807) is 36.5 Å². The van der Waals surface area contributed by atoms with Gasteiger partial charge in [0, 0.05) is 23.0 Å². The Hall–Kier alpha value is -1.28. The number of H-pyrrole nitrogens is 1. The first-order chi connectivity index (χ1) is 9.52. The molecule has 0 aliphatic heterocycles. The summed E-state index contributed by atoms with van der Waals surface area (Å²) < 4.78 is 6.09. The third kappa shape index (κ3) is 3.24. The summed E-state index contributed by atoms with van der Waals surface area (Å²) in [6.45, 7) is 0.387. The normalized spacial score (nSPS) is 10.4.